The maximum atomic E-state index is 5.55. The maximum absolute atomic E-state index is 5.55. The Morgan fingerprint density at radius 3 is 2.15 bits per heavy atom. The van der Waals surface area contributed by atoms with E-state index in [1.165, 1.54) is 32.3 Å². The molecule has 1 fully saturated rings. The molecule has 4 heteroatoms. The van der Waals surface area contributed by atoms with Crippen molar-refractivity contribution in [3.63, 3.8) is 0 Å². The van der Waals surface area contributed by atoms with Crippen LogP contribution in [0.2, 0.25) is 13.1 Å². The number of hydrogen-bond acceptors (Lipinski definition) is 3. The Hall–Kier alpha value is 0.0969. The van der Waals surface area contributed by atoms with Crippen LogP contribution in [0.25, 0.3) is 0 Å². The molecule has 78 valence electrons. The summed E-state index contributed by atoms with van der Waals surface area (Å²) in [5.41, 5.74) is 0. The van der Waals surface area contributed by atoms with Gasteiger partial charge in [-0.15, -0.1) is 0 Å². The molecule has 0 N–H and O–H groups in total. The largest absolute Gasteiger partial charge is 0.419 e. The molecule has 1 saturated heterocycles. The van der Waals surface area contributed by atoms with Crippen molar-refractivity contribution in [3.05, 3.63) is 0 Å². The Balaban J connectivity index is 2.30. The first-order valence-corrected chi connectivity index (χ1v) is 8.11. The average molecular weight is 202 g/mol. The second kappa shape index (κ2) is 4.55. The summed E-state index contributed by atoms with van der Waals surface area (Å²) in [6, 6.07) is 0. The van der Waals surface area contributed by atoms with Crippen molar-refractivity contribution in [2.45, 2.75) is 13.1 Å². The van der Waals surface area contributed by atoms with Crippen molar-refractivity contribution in [3.8, 4) is 0 Å². The topological polar surface area (TPSA) is 15.7 Å². The fourth-order valence-corrected chi connectivity index (χ4v) is 3.13. The molecule has 13 heavy (non-hydrogen) atoms. The summed E-state index contributed by atoms with van der Waals surface area (Å²) in [6.07, 6.45) is 1.18. The summed E-state index contributed by atoms with van der Waals surface area (Å²) in [6.45, 7) is 9.38. The van der Waals surface area contributed by atoms with Gasteiger partial charge in [-0.3, -0.25) is 0 Å². The summed E-state index contributed by atoms with van der Waals surface area (Å²) in [4.78, 5) is 4.92. The van der Waals surface area contributed by atoms with Gasteiger partial charge in [0.2, 0.25) is 0 Å². The number of nitrogens with zero attached hydrogens (tertiary/aromatic N) is 2. The Morgan fingerprint density at radius 1 is 1.15 bits per heavy atom. The van der Waals surface area contributed by atoms with E-state index in [9.17, 15) is 0 Å². The highest BCUT2D eigenvalue weighted by atomic mass is 28.4. The summed E-state index contributed by atoms with van der Waals surface area (Å²) < 4.78 is 5.55. The van der Waals surface area contributed by atoms with Crippen LogP contribution in [0.15, 0.2) is 0 Å². The van der Waals surface area contributed by atoms with Crippen LogP contribution in [0.5, 0.6) is 0 Å². The van der Waals surface area contributed by atoms with Crippen molar-refractivity contribution >= 4 is 8.32 Å². The van der Waals surface area contributed by atoms with Crippen LogP contribution in [0, 0.1) is 0 Å². The predicted molar refractivity (Wildman–Crippen MR) is 58.4 cm³/mol. The summed E-state index contributed by atoms with van der Waals surface area (Å²) >= 11 is 0. The third-order valence-corrected chi connectivity index (χ3v) is 5.07. The molecule has 0 aromatic rings. The van der Waals surface area contributed by atoms with E-state index in [2.05, 4.69) is 29.9 Å². The standard InChI is InChI=1S/C9H22N2OSi/c1-10-5-7-11(8-6-10)9-13(3,4)12-2/h5-9H2,1-4H3. The first-order chi connectivity index (χ1) is 6.03. The Labute approximate surface area is 82.8 Å². The molecule has 1 aliphatic rings. The normalized spacial score (nSPS) is 22.2. The van der Waals surface area contributed by atoms with E-state index in [0.717, 1.165) is 0 Å². The fourth-order valence-electron chi connectivity index (χ4n) is 1.61. The Bertz CT molecular complexity index is 156. The van der Waals surface area contributed by atoms with Crippen molar-refractivity contribution in [1.29, 1.82) is 0 Å². The molecule has 0 aromatic heterocycles. The van der Waals surface area contributed by atoms with Gasteiger partial charge >= 0.3 is 0 Å². The lowest BCUT2D eigenvalue weighted by atomic mass is 10.4. The minimum Gasteiger partial charge on any atom is -0.419 e. The number of likely N-dealkylation sites (N-methyl/N-ethyl adjacent to an activating group) is 1. The van der Waals surface area contributed by atoms with E-state index in [0.29, 0.717) is 0 Å². The zero-order valence-electron chi connectivity index (χ0n) is 9.34. The van der Waals surface area contributed by atoms with E-state index in [4.69, 9.17) is 4.43 Å². The summed E-state index contributed by atoms with van der Waals surface area (Å²) in [5.74, 6) is 0. The van der Waals surface area contributed by atoms with Gasteiger partial charge in [0.05, 0.1) is 0 Å². The first-order valence-electron chi connectivity index (χ1n) is 4.99. The lowest BCUT2D eigenvalue weighted by molar-refractivity contribution is 0.165. The highest BCUT2D eigenvalue weighted by Crippen LogP contribution is 2.07. The van der Waals surface area contributed by atoms with Crippen molar-refractivity contribution < 1.29 is 4.43 Å². The van der Waals surface area contributed by atoms with Gasteiger partial charge in [-0.2, -0.15) is 0 Å². The average Bonchev–Trinajstić information content (AvgIpc) is 2.09. The third kappa shape index (κ3) is 3.77. The smallest absolute Gasteiger partial charge is 0.199 e. The second-order valence-corrected chi connectivity index (χ2v) is 8.79. The molecule has 0 spiro atoms. The number of hydrogen-bond donors (Lipinski definition) is 0. The van der Waals surface area contributed by atoms with E-state index >= 15 is 0 Å². The molecule has 0 aliphatic carbocycles. The summed E-state index contributed by atoms with van der Waals surface area (Å²) in [7, 11) is 2.66. The molecule has 0 amide bonds. The van der Waals surface area contributed by atoms with Crippen LogP contribution in [0.1, 0.15) is 0 Å². The van der Waals surface area contributed by atoms with Crippen LogP contribution in [0.3, 0.4) is 0 Å². The molecular formula is C9H22N2OSi. The maximum Gasteiger partial charge on any atom is 0.199 e. The Morgan fingerprint density at radius 2 is 1.69 bits per heavy atom. The SMILES string of the molecule is CO[Si](C)(C)CN1CCN(C)CC1. The molecule has 0 radical (unpaired) electrons. The number of piperazine rings is 1. The number of rotatable bonds is 3. The Kier molecular flexibility index (Phi) is 3.91. The second-order valence-electron chi connectivity index (χ2n) is 4.54. The van der Waals surface area contributed by atoms with E-state index < -0.39 is 8.32 Å². The highest BCUT2D eigenvalue weighted by molar-refractivity contribution is 6.71. The van der Waals surface area contributed by atoms with Gasteiger partial charge in [0.1, 0.15) is 0 Å². The van der Waals surface area contributed by atoms with Crippen LogP contribution in [0.4, 0.5) is 0 Å². The first kappa shape index (κ1) is 11.2. The molecule has 1 heterocycles. The van der Waals surface area contributed by atoms with Crippen LogP contribution in [-0.4, -0.2) is 64.6 Å². The van der Waals surface area contributed by atoms with Gasteiger partial charge in [0.25, 0.3) is 0 Å². The highest BCUT2D eigenvalue weighted by Gasteiger charge is 2.25. The molecule has 0 saturated carbocycles. The zero-order chi connectivity index (χ0) is 9.90. The van der Waals surface area contributed by atoms with E-state index in [-0.39, 0.29) is 0 Å². The van der Waals surface area contributed by atoms with Gasteiger partial charge in [-0.1, -0.05) is 0 Å². The lowest BCUT2D eigenvalue weighted by Crippen LogP contribution is -2.51. The molecule has 0 bridgehead atoms. The summed E-state index contributed by atoms with van der Waals surface area (Å²) in [5, 5.41) is 0. The van der Waals surface area contributed by atoms with Crippen molar-refractivity contribution in [2.75, 3.05) is 46.5 Å². The van der Waals surface area contributed by atoms with Crippen molar-refractivity contribution in [2.24, 2.45) is 0 Å². The minimum atomic E-state index is -1.38. The fraction of sp³-hybridized carbons (Fsp3) is 1.00. The molecule has 1 aliphatic heterocycles. The molecular weight excluding hydrogens is 180 g/mol. The van der Waals surface area contributed by atoms with E-state index in [1.54, 1.807) is 0 Å². The quantitative estimate of drug-likeness (QED) is 0.624. The predicted octanol–water partition coefficient (Wildman–Crippen LogP) is 0.624. The molecule has 3 nitrogen and oxygen atoms in total. The zero-order valence-corrected chi connectivity index (χ0v) is 10.3. The van der Waals surface area contributed by atoms with Gasteiger partial charge in [-0.05, 0) is 20.1 Å². The molecule has 0 atom stereocenters. The van der Waals surface area contributed by atoms with Crippen LogP contribution < -0.4 is 0 Å². The molecule has 1 rings (SSSR count). The third-order valence-electron chi connectivity index (χ3n) is 2.75. The van der Waals surface area contributed by atoms with Gasteiger partial charge in [0.15, 0.2) is 8.32 Å². The van der Waals surface area contributed by atoms with Crippen LogP contribution >= 0.6 is 0 Å². The van der Waals surface area contributed by atoms with Gasteiger partial charge in [-0.25, -0.2) is 0 Å². The van der Waals surface area contributed by atoms with E-state index in [1.807, 2.05) is 7.11 Å². The monoisotopic (exact) mass is 202 g/mol. The molecule has 0 unspecified atom stereocenters. The van der Waals surface area contributed by atoms with Gasteiger partial charge < -0.3 is 14.2 Å². The van der Waals surface area contributed by atoms with Crippen LogP contribution in [-0.2, 0) is 4.43 Å². The lowest BCUT2D eigenvalue weighted by Gasteiger charge is -2.36. The minimum absolute atomic E-state index is 1.18. The molecule has 0 aromatic carbocycles. The van der Waals surface area contributed by atoms with Crippen molar-refractivity contribution in [1.82, 2.24) is 9.80 Å². The van der Waals surface area contributed by atoms with Gasteiger partial charge in [0, 0.05) is 39.5 Å².